The van der Waals surface area contributed by atoms with Crippen LogP contribution in [-0.2, 0) is 22.7 Å². The first-order valence-corrected chi connectivity index (χ1v) is 7.95. The van der Waals surface area contributed by atoms with Gasteiger partial charge in [-0.3, -0.25) is 0 Å². The standard InChI is InChI=1S/C11H17N3O2S.ClH/c12-11-9-3-1-2-4-10(9)13-14(11)8-5-6-17(15,16)7-8;/h8H,1-7,12H2;1H. The molecule has 2 aliphatic rings. The number of hydrogen-bond acceptors (Lipinski definition) is 4. The van der Waals surface area contributed by atoms with Crippen molar-refractivity contribution in [3.63, 3.8) is 0 Å². The van der Waals surface area contributed by atoms with Gasteiger partial charge in [-0.15, -0.1) is 12.4 Å². The lowest BCUT2D eigenvalue weighted by Gasteiger charge is -2.11. The van der Waals surface area contributed by atoms with Crippen molar-refractivity contribution < 1.29 is 8.42 Å². The maximum absolute atomic E-state index is 11.5. The summed E-state index contributed by atoms with van der Waals surface area (Å²) in [6, 6.07) is -0.0504. The van der Waals surface area contributed by atoms with E-state index in [1.807, 2.05) is 0 Å². The lowest BCUT2D eigenvalue weighted by atomic mass is 9.98. The fourth-order valence-corrected chi connectivity index (χ4v) is 4.54. The fourth-order valence-electron chi connectivity index (χ4n) is 2.84. The number of halogens is 1. The van der Waals surface area contributed by atoms with E-state index in [0.717, 1.165) is 36.9 Å². The molecule has 102 valence electrons. The van der Waals surface area contributed by atoms with E-state index >= 15 is 0 Å². The minimum absolute atomic E-state index is 0. The maximum Gasteiger partial charge on any atom is 0.152 e. The highest BCUT2D eigenvalue weighted by atomic mass is 35.5. The maximum atomic E-state index is 11.5. The number of fused-ring (bicyclic) bond motifs is 1. The van der Waals surface area contributed by atoms with Gasteiger partial charge in [-0.1, -0.05) is 0 Å². The van der Waals surface area contributed by atoms with Crippen LogP contribution in [0, 0.1) is 0 Å². The van der Waals surface area contributed by atoms with E-state index in [-0.39, 0.29) is 30.0 Å². The molecule has 1 atom stereocenters. The summed E-state index contributed by atoms with van der Waals surface area (Å²) >= 11 is 0. The normalized spacial score (nSPS) is 25.4. The Bertz CT molecular complexity index is 553. The lowest BCUT2D eigenvalue weighted by molar-refractivity contribution is 0.501. The predicted molar refractivity (Wildman–Crippen MR) is 72.8 cm³/mol. The molecule has 18 heavy (non-hydrogen) atoms. The van der Waals surface area contributed by atoms with Crippen LogP contribution in [0.4, 0.5) is 5.82 Å². The van der Waals surface area contributed by atoms with Crippen LogP contribution >= 0.6 is 12.4 Å². The van der Waals surface area contributed by atoms with E-state index in [4.69, 9.17) is 5.73 Å². The van der Waals surface area contributed by atoms with Gasteiger partial charge in [0.2, 0.25) is 0 Å². The molecular formula is C11H18ClN3O2S. The Morgan fingerprint density at radius 2 is 2.00 bits per heavy atom. The second kappa shape index (κ2) is 4.74. The van der Waals surface area contributed by atoms with Crippen molar-refractivity contribution in [1.29, 1.82) is 0 Å². The van der Waals surface area contributed by atoms with Crippen LogP contribution in [0.5, 0.6) is 0 Å². The van der Waals surface area contributed by atoms with Gasteiger partial charge in [0.15, 0.2) is 9.84 Å². The Hall–Kier alpha value is -0.750. The Morgan fingerprint density at radius 1 is 1.28 bits per heavy atom. The van der Waals surface area contributed by atoms with Crippen LogP contribution in [0.1, 0.15) is 36.6 Å². The lowest BCUT2D eigenvalue weighted by Crippen LogP contribution is -2.15. The number of nitrogens with zero attached hydrogens (tertiary/aromatic N) is 2. The first kappa shape index (κ1) is 13.7. The summed E-state index contributed by atoms with van der Waals surface area (Å²) in [5, 5.41) is 4.53. The molecule has 1 aromatic heterocycles. The van der Waals surface area contributed by atoms with Gasteiger partial charge in [0.1, 0.15) is 5.82 Å². The number of aromatic nitrogens is 2. The van der Waals surface area contributed by atoms with Crippen molar-refractivity contribution in [2.24, 2.45) is 0 Å². The molecule has 1 aliphatic carbocycles. The number of nitrogen functional groups attached to an aromatic ring is 1. The van der Waals surface area contributed by atoms with E-state index < -0.39 is 9.84 Å². The summed E-state index contributed by atoms with van der Waals surface area (Å²) in [5.74, 6) is 1.15. The number of hydrogen-bond donors (Lipinski definition) is 1. The van der Waals surface area contributed by atoms with E-state index in [0.29, 0.717) is 12.2 Å². The van der Waals surface area contributed by atoms with Crippen LogP contribution in [0.15, 0.2) is 0 Å². The Kier molecular flexibility index (Phi) is 3.60. The summed E-state index contributed by atoms with van der Waals surface area (Å²) in [5.41, 5.74) is 8.33. The second-order valence-corrected chi connectivity index (χ2v) is 7.25. The molecule has 1 fully saturated rings. The predicted octanol–water partition coefficient (Wildman–Crippen LogP) is 1.13. The van der Waals surface area contributed by atoms with E-state index in [1.54, 1.807) is 4.68 Å². The quantitative estimate of drug-likeness (QED) is 0.841. The van der Waals surface area contributed by atoms with Gasteiger partial charge in [-0.05, 0) is 32.1 Å². The molecule has 2 N–H and O–H groups in total. The minimum atomic E-state index is -2.88. The zero-order chi connectivity index (χ0) is 12.0. The van der Waals surface area contributed by atoms with Crippen LogP contribution in [0.3, 0.4) is 0 Å². The van der Waals surface area contributed by atoms with E-state index in [2.05, 4.69) is 5.10 Å². The summed E-state index contributed by atoms with van der Waals surface area (Å²) in [6.07, 6.45) is 4.93. The zero-order valence-electron chi connectivity index (χ0n) is 10.1. The topological polar surface area (TPSA) is 78.0 Å². The number of nitrogens with two attached hydrogens (primary N) is 1. The first-order chi connectivity index (χ1) is 8.07. The van der Waals surface area contributed by atoms with E-state index in [1.165, 1.54) is 0 Å². The van der Waals surface area contributed by atoms with Crippen LogP contribution in [-0.4, -0.2) is 29.7 Å². The highest BCUT2D eigenvalue weighted by molar-refractivity contribution is 7.91. The molecule has 1 unspecified atom stereocenters. The minimum Gasteiger partial charge on any atom is -0.384 e. The van der Waals surface area contributed by atoms with Gasteiger partial charge in [0.25, 0.3) is 0 Å². The molecule has 5 nitrogen and oxygen atoms in total. The fraction of sp³-hybridized carbons (Fsp3) is 0.727. The van der Waals surface area contributed by atoms with Crippen LogP contribution < -0.4 is 5.73 Å². The SMILES string of the molecule is Cl.Nc1c2c(nn1C1CCS(=O)(=O)C1)CCCC2. The summed E-state index contributed by atoms with van der Waals surface area (Å²) in [4.78, 5) is 0. The Labute approximate surface area is 113 Å². The molecular weight excluding hydrogens is 274 g/mol. The van der Waals surface area contributed by atoms with Crippen LogP contribution in [0.2, 0.25) is 0 Å². The van der Waals surface area contributed by atoms with Crippen molar-refractivity contribution in [2.75, 3.05) is 17.2 Å². The monoisotopic (exact) mass is 291 g/mol. The average molecular weight is 292 g/mol. The molecule has 0 spiro atoms. The zero-order valence-corrected chi connectivity index (χ0v) is 11.8. The summed E-state index contributed by atoms with van der Waals surface area (Å²) < 4.78 is 24.7. The molecule has 1 aromatic rings. The Balaban J connectivity index is 0.00000120. The number of rotatable bonds is 1. The van der Waals surface area contributed by atoms with Gasteiger partial charge >= 0.3 is 0 Å². The molecule has 1 aliphatic heterocycles. The van der Waals surface area contributed by atoms with Gasteiger partial charge in [-0.25, -0.2) is 13.1 Å². The van der Waals surface area contributed by atoms with E-state index in [9.17, 15) is 8.42 Å². The van der Waals surface area contributed by atoms with Gasteiger partial charge in [-0.2, -0.15) is 5.10 Å². The highest BCUT2D eigenvalue weighted by Crippen LogP contribution is 2.31. The van der Waals surface area contributed by atoms with Gasteiger partial charge in [0.05, 0.1) is 23.2 Å². The summed E-state index contributed by atoms with van der Waals surface area (Å²) in [7, 11) is -2.88. The van der Waals surface area contributed by atoms with Gasteiger partial charge in [0, 0.05) is 5.56 Å². The van der Waals surface area contributed by atoms with Crippen molar-refractivity contribution in [3.8, 4) is 0 Å². The molecule has 0 saturated carbocycles. The highest BCUT2D eigenvalue weighted by Gasteiger charge is 2.32. The molecule has 0 amide bonds. The third kappa shape index (κ3) is 2.23. The van der Waals surface area contributed by atoms with Gasteiger partial charge < -0.3 is 5.73 Å². The van der Waals surface area contributed by atoms with Crippen molar-refractivity contribution >= 4 is 28.1 Å². The largest absolute Gasteiger partial charge is 0.384 e. The summed E-state index contributed by atoms with van der Waals surface area (Å²) in [6.45, 7) is 0. The number of aryl methyl sites for hydroxylation is 1. The molecule has 1 saturated heterocycles. The molecule has 3 rings (SSSR count). The van der Waals surface area contributed by atoms with Crippen molar-refractivity contribution in [2.45, 2.75) is 38.1 Å². The first-order valence-electron chi connectivity index (χ1n) is 6.13. The number of sulfone groups is 1. The molecule has 0 aromatic carbocycles. The van der Waals surface area contributed by atoms with Crippen LogP contribution in [0.25, 0.3) is 0 Å². The molecule has 0 radical (unpaired) electrons. The average Bonchev–Trinajstić information content (AvgIpc) is 2.81. The Morgan fingerprint density at radius 3 is 2.61 bits per heavy atom. The van der Waals surface area contributed by atoms with Crippen molar-refractivity contribution in [1.82, 2.24) is 9.78 Å². The molecule has 0 bridgehead atoms. The van der Waals surface area contributed by atoms with Crippen molar-refractivity contribution in [3.05, 3.63) is 11.3 Å². The molecule has 2 heterocycles. The third-order valence-electron chi connectivity index (χ3n) is 3.78. The third-order valence-corrected chi connectivity index (χ3v) is 5.53. The number of anilines is 1. The molecule has 7 heteroatoms. The second-order valence-electron chi connectivity index (χ2n) is 5.02. The smallest absolute Gasteiger partial charge is 0.152 e.